The van der Waals surface area contributed by atoms with Gasteiger partial charge >= 0.3 is 0 Å². The fourth-order valence-corrected chi connectivity index (χ4v) is 1.70. The number of nitrogens with zero attached hydrogens (tertiary/aromatic N) is 2. The summed E-state index contributed by atoms with van der Waals surface area (Å²) in [5.74, 6) is -0.661. The highest BCUT2D eigenvalue weighted by molar-refractivity contribution is 6.29. The molecule has 0 aliphatic carbocycles. The maximum atomic E-state index is 13.3. The molecule has 19 heavy (non-hydrogen) atoms. The van der Waals surface area contributed by atoms with Crippen molar-refractivity contribution in [1.82, 2.24) is 15.3 Å². The molecule has 0 aliphatic heterocycles. The zero-order valence-electron chi connectivity index (χ0n) is 9.94. The van der Waals surface area contributed by atoms with Gasteiger partial charge in [-0.25, -0.2) is 9.37 Å². The van der Waals surface area contributed by atoms with E-state index in [-0.39, 0.29) is 22.6 Å². The maximum absolute atomic E-state index is 13.3. The molecule has 0 saturated heterocycles. The van der Waals surface area contributed by atoms with E-state index in [0.717, 1.165) is 0 Å². The molecule has 0 radical (unpaired) electrons. The lowest BCUT2D eigenvalue weighted by Gasteiger charge is -2.05. The molecule has 0 unspecified atom stereocenters. The molecule has 1 aromatic heterocycles. The van der Waals surface area contributed by atoms with E-state index in [1.807, 2.05) is 0 Å². The minimum Gasteiger partial charge on any atom is -0.350 e. The predicted molar refractivity (Wildman–Crippen MR) is 69.5 cm³/mol. The number of carbonyl (C=O) groups excluding carboxylic acids is 1. The third-order valence-electron chi connectivity index (χ3n) is 2.48. The number of rotatable bonds is 4. The largest absolute Gasteiger partial charge is 0.350 e. The molecular weight excluding hydrogens is 269 g/mol. The van der Waals surface area contributed by atoms with E-state index in [0.29, 0.717) is 18.5 Å². The Bertz CT molecular complexity index is 592. The van der Waals surface area contributed by atoms with Gasteiger partial charge < -0.3 is 5.32 Å². The summed E-state index contributed by atoms with van der Waals surface area (Å²) in [7, 11) is 0. The van der Waals surface area contributed by atoms with Crippen LogP contribution in [0.5, 0.6) is 0 Å². The zero-order valence-corrected chi connectivity index (χ0v) is 10.7. The van der Waals surface area contributed by atoms with Gasteiger partial charge in [0.15, 0.2) is 0 Å². The molecule has 0 aliphatic rings. The van der Waals surface area contributed by atoms with Crippen LogP contribution >= 0.6 is 11.6 Å². The van der Waals surface area contributed by atoms with Crippen LogP contribution < -0.4 is 5.32 Å². The number of aromatic nitrogens is 2. The Hall–Kier alpha value is -2.01. The van der Waals surface area contributed by atoms with Crippen LogP contribution in [0.3, 0.4) is 0 Å². The van der Waals surface area contributed by atoms with E-state index < -0.39 is 0 Å². The van der Waals surface area contributed by atoms with Crippen LogP contribution in [0.15, 0.2) is 36.7 Å². The first-order valence-electron chi connectivity index (χ1n) is 5.66. The van der Waals surface area contributed by atoms with Crippen LogP contribution in [0.4, 0.5) is 4.39 Å². The number of hydrogen-bond donors (Lipinski definition) is 1. The Labute approximate surface area is 114 Å². The normalized spacial score (nSPS) is 10.2. The SMILES string of the molecule is O=C(NCCc1ccccc1F)c1cncc(Cl)n1. The summed E-state index contributed by atoms with van der Waals surface area (Å²) in [4.78, 5) is 19.3. The summed E-state index contributed by atoms with van der Waals surface area (Å²) < 4.78 is 13.3. The summed E-state index contributed by atoms with van der Waals surface area (Å²) in [6.07, 6.45) is 3.08. The minimum absolute atomic E-state index is 0.140. The smallest absolute Gasteiger partial charge is 0.271 e. The molecule has 0 saturated carbocycles. The van der Waals surface area contributed by atoms with Crippen LogP contribution in [0, 0.1) is 5.82 Å². The molecule has 1 aromatic carbocycles. The van der Waals surface area contributed by atoms with Crippen molar-refractivity contribution in [2.24, 2.45) is 0 Å². The Balaban J connectivity index is 1.90. The highest BCUT2D eigenvalue weighted by Gasteiger charge is 2.08. The van der Waals surface area contributed by atoms with Crippen molar-refractivity contribution < 1.29 is 9.18 Å². The fraction of sp³-hybridized carbons (Fsp3) is 0.154. The molecular formula is C13H11ClFN3O. The summed E-state index contributed by atoms with van der Waals surface area (Å²) in [6, 6.07) is 6.45. The number of hydrogen-bond acceptors (Lipinski definition) is 3. The quantitative estimate of drug-likeness (QED) is 0.934. The second-order valence-electron chi connectivity index (χ2n) is 3.82. The maximum Gasteiger partial charge on any atom is 0.271 e. The molecule has 98 valence electrons. The summed E-state index contributed by atoms with van der Waals surface area (Å²) >= 11 is 5.64. The van der Waals surface area contributed by atoms with Gasteiger partial charge in [0.25, 0.3) is 5.91 Å². The summed E-state index contributed by atoms with van der Waals surface area (Å²) in [5, 5.41) is 2.79. The summed E-state index contributed by atoms with van der Waals surface area (Å²) in [6.45, 7) is 0.313. The Morgan fingerprint density at radius 1 is 1.32 bits per heavy atom. The monoisotopic (exact) mass is 279 g/mol. The van der Waals surface area contributed by atoms with Crippen molar-refractivity contribution in [2.45, 2.75) is 6.42 Å². The Morgan fingerprint density at radius 3 is 2.84 bits per heavy atom. The van der Waals surface area contributed by atoms with E-state index in [2.05, 4.69) is 15.3 Å². The standard InChI is InChI=1S/C13H11ClFN3O/c14-12-8-16-7-11(18-12)13(19)17-6-5-9-3-1-2-4-10(9)15/h1-4,7-8H,5-6H2,(H,17,19). The van der Waals surface area contributed by atoms with E-state index in [4.69, 9.17) is 11.6 Å². The lowest BCUT2D eigenvalue weighted by Crippen LogP contribution is -2.26. The predicted octanol–water partition coefficient (Wildman–Crippen LogP) is 2.24. The van der Waals surface area contributed by atoms with E-state index in [1.165, 1.54) is 18.5 Å². The van der Waals surface area contributed by atoms with Gasteiger partial charge in [0.2, 0.25) is 0 Å². The van der Waals surface area contributed by atoms with Gasteiger partial charge in [-0.15, -0.1) is 0 Å². The first kappa shape index (κ1) is 13.4. The van der Waals surface area contributed by atoms with Gasteiger partial charge in [0.05, 0.1) is 12.4 Å². The Kier molecular flexibility index (Phi) is 4.41. The second-order valence-corrected chi connectivity index (χ2v) is 4.21. The molecule has 4 nitrogen and oxygen atoms in total. The number of carbonyl (C=O) groups is 1. The first-order chi connectivity index (χ1) is 9.16. The van der Waals surface area contributed by atoms with Crippen molar-refractivity contribution >= 4 is 17.5 Å². The van der Waals surface area contributed by atoms with Gasteiger partial charge in [-0.05, 0) is 18.1 Å². The number of nitrogens with one attached hydrogen (secondary N) is 1. The van der Waals surface area contributed by atoms with Crippen molar-refractivity contribution in [3.8, 4) is 0 Å². The van der Waals surface area contributed by atoms with Gasteiger partial charge in [-0.1, -0.05) is 29.8 Å². The van der Waals surface area contributed by atoms with Gasteiger partial charge in [-0.2, -0.15) is 0 Å². The zero-order chi connectivity index (χ0) is 13.7. The average Bonchev–Trinajstić information content (AvgIpc) is 2.41. The third-order valence-corrected chi connectivity index (χ3v) is 2.66. The first-order valence-corrected chi connectivity index (χ1v) is 6.04. The summed E-state index contributed by atoms with van der Waals surface area (Å²) in [5.41, 5.74) is 0.695. The highest BCUT2D eigenvalue weighted by atomic mass is 35.5. The third kappa shape index (κ3) is 3.72. The minimum atomic E-state index is -0.383. The number of amides is 1. The van der Waals surface area contributed by atoms with Crippen LogP contribution in [-0.4, -0.2) is 22.4 Å². The molecule has 2 rings (SSSR count). The van der Waals surface area contributed by atoms with Gasteiger partial charge in [0, 0.05) is 6.54 Å². The molecule has 0 spiro atoms. The van der Waals surface area contributed by atoms with Crippen molar-refractivity contribution in [2.75, 3.05) is 6.54 Å². The average molecular weight is 280 g/mol. The molecule has 2 aromatic rings. The van der Waals surface area contributed by atoms with Crippen LogP contribution in [0.1, 0.15) is 16.1 Å². The van der Waals surface area contributed by atoms with Gasteiger partial charge in [0.1, 0.15) is 16.7 Å². The van der Waals surface area contributed by atoms with Crippen LogP contribution in [0.2, 0.25) is 5.15 Å². The lowest BCUT2D eigenvalue weighted by atomic mass is 10.1. The Morgan fingerprint density at radius 2 is 2.11 bits per heavy atom. The molecule has 1 N–H and O–H groups in total. The van der Waals surface area contributed by atoms with Crippen molar-refractivity contribution in [1.29, 1.82) is 0 Å². The van der Waals surface area contributed by atoms with Crippen LogP contribution in [-0.2, 0) is 6.42 Å². The highest BCUT2D eigenvalue weighted by Crippen LogP contribution is 2.06. The topological polar surface area (TPSA) is 54.9 Å². The lowest BCUT2D eigenvalue weighted by molar-refractivity contribution is 0.0948. The molecule has 6 heteroatoms. The fourth-order valence-electron chi connectivity index (χ4n) is 1.55. The molecule has 0 atom stereocenters. The molecule has 1 heterocycles. The van der Waals surface area contributed by atoms with Crippen molar-refractivity contribution in [3.63, 3.8) is 0 Å². The van der Waals surface area contributed by atoms with E-state index in [1.54, 1.807) is 18.2 Å². The van der Waals surface area contributed by atoms with Crippen LogP contribution in [0.25, 0.3) is 0 Å². The van der Waals surface area contributed by atoms with Crippen molar-refractivity contribution in [3.05, 3.63) is 58.9 Å². The van der Waals surface area contributed by atoms with Gasteiger partial charge in [-0.3, -0.25) is 9.78 Å². The second kappa shape index (κ2) is 6.24. The molecule has 0 bridgehead atoms. The number of benzene rings is 1. The van der Waals surface area contributed by atoms with E-state index >= 15 is 0 Å². The van der Waals surface area contributed by atoms with E-state index in [9.17, 15) is 9.18 Å². The molecule has 1 amide bonds. The molecule has 0 fully saturated rings. The number of halogens is 2.